The summed E-state index contributed by atoms with van der Waals surface area (Å²) in [5.74, 6) is 3.15. The minimum absolute atomic E-state index is 0.0312. The first-order chi connectivity index (χ1) is 15.6. The zero-order chi connectivity index (χ0) is 22.2. The summed E-state index contributed by atoms with van der Waals surface area (Å²) in [6, 6.07) is 13.4. The second-order valence-corrected chi connectivity index (χ2v) is 7.95. The Morgan fingerprint density at radius 3 is 2.72 bits per heavy atom. The Hall–Kier alpha value is -3.68. The number of hydrogen-bond donors (Lipinski definition) is 0. The van der Waals surface area contributed by atoms with E-state index in [1.165, 1.54) is 0 Å². The summed E-state index contributed by atoms with van der Waals surface area (Å²) < 4.78 is 23.4. The van der Waals surface area contributed by atoms with Gasteiger partial charge in [-0.1, -0.05) is 6.07 Å². The Balaban J connectivity index is 1.36. The summed E-state index contributed by atoms with van der Waals surface area (Å²) in [5, 5.41) is 4.58. The van der Waals surface area contributed by atoms with Gasteiger partial charge in [0.15, 0.2) is 11.5 Å². The molecule has 2 aliphatic heterocycles. The van der Waals surface area contributed by atoms with Crippen LogP contribution in [0.5, 0.6) is 23.0 Å². The van der Waals surface area contributed by atoms with E-state index < -0.39 is 0 Å². The number of amides is 1. The van der Waals surface area contributed by atoms with Gasteiger partial charge in [-0.3, -0.25) is 9.48 Å². The maximum Gasteiger partial charge on any atom is 0.272 e. The van der Waals surface area contributed by atoms with Crippen LogP contribution >= 0.6 is 0 Å². The van der Waals surface area contributed by atoms with Gasteiger partial charge in [0.05, 0.1) is 19.9 Å². The fraction of sp³-hybridized carbons (Fsp3) is 0.333. The number of fused-ring (bicyclic) bond motifs is 1. The van der Waals surface area contributed by atoms with Gasteiger partial charge in [0, 0.05) is 31.6 Å². The van der Waals surface area contributed by atoms with Crippen LogP contribution < -0.4 is 18.9 Å². The van der Waals surface area contributed by atoms with Crippen molar-refractivity contribution in [2.24, 2.45) is 7.05 Å². The average molecular weight is 435 g/mol. The zero-order valence-electron chi connectivity index (χ0n) is 18.3. The molecule has 0 spiro atoms. The molecule has 0 aliphatic carbocycles. The lowest BCUT2D eigenvalue weighted by molar-refractivity contribution is 0.0780. The van der Waals surface area contributed by atoms with Crippen molar-refractivity contribution in [2.45, 2.75) is 12.3 Å². The fourth-order valence-electron chi connectivity index (χ4n) is 4.36. The molecule has 3 heterocycles. The van der Waals surface area contributed by atoms with Crippen molar-refractivity contribution in [1.29, 1.82) is 0 Å². The Labute approximate surface area is 186 Å². The highest BCUT2D eigenvalue weighted by Gasteiger charge is 2.31. The van der Waals surface area contributed by atoms with Gasteiger partial charge in [-0.05, 0) is 48.4 Å². The van der Waals surface area contributed by atoms with Crippen LogP contribution in [0.15, 0.2) is 42.5 Å². The molecule has 5 rings (SSSR count). The van der Waals surface area contributed by atoms with E-state index in [1.54, 1.807) is 25.9 Å². The number of aryl methyl sites for hydroxylation is 1. The predicted molar refractivity (Wildman–Crippen MR) is 118 cm³/mol. The molecule has 0 bridgehead atoms. The number of methoxy groups -OCH3 is 2. The number of likely N-dealkylation sites (tertiary alicyclic amines) is 1. The van der Waals surface area contributed by atoms with E-state index in [1.807, 2.05) is 41.3 Å². The number of rotatable bonds is 5. The first kappa shape index (κ1) is 20.2. The minimum Gasteiger partial charge on any atom is -0.497 e. The first-order valence-electron chi connectivity index (χ1n) is 10.5. The second kappa shape index (κ2) is 8.11. The van der Waals surface area contributed by atoms with Crippen molar-refractivity contribution in [2.75, 3.05) is 34.1 Å². The van der Waals surface area contributed by atoms with E-state index in [-0.39, 0.29) is 18.6 Å². The summed E-state index contributed by atoms with van der Waals surface area (Å²) in [6.45, 7) is 1.61. The van der Waals surface area contributed by atoms with E-state index in [4.69, 9.17) is 18.9 Å². The SMILES string of the molecule is COc1ccc(OC)c(-c2cc(C(=O)N3CCC(c4ccc5c(c4)OCO5)C3)n(C)n2)c1. The molecule has 1 atom stereocenters. The van der Waals surface area contributed by atoms with Gasteiger partial charge in [-0.15, -0.1) is 0 Å². The van der Waals surface area contributed by atoms with Crippen LogP contribution in [0, 0.1) is 0 Å². The Morgan fingerprint density at radius 1 is 1.06 bits per heavy atom. The first-order valence-corrected chi connectivity index (χ1v) is 10.5. The largest absolute Gasteiger partial charge is 0.497 e. The Morgan fingerprint density at radius 2 is 1.91 bits per heavy atom. The maximum absolute atomic E-state index is 13.3. The van der Waals surface area contributed by atoms with E-state index in [9.17, 15) is 4.79 Å². The standard InChI is InChI=1S/C24H25N3O5/c1-26-20(12-19(25-26)18-11-17(29-2)5-7-21(18)30-3)24(28)27-9-8-16(13-27)15-4-6-22-23(10-15)32-14-31-22/h4-7,10-12,16H,8-9,13-14H2,1-3H3. The molecule has 8 nitrogen and oxygen atoms in total. The van der Waals surface area contributed by atoms with Crippen molar-refractivity contribution in [3.05, 3.63) is 53.7 Å². The van der Waals surface area contributed by atoms with Gasteiger partial charge < -0.3 is 23.8 Å². The molecular weight excluding hydrogens is 410 g/mol. The number of ether oxygens (including phenoxy) is 4. The predicted octanol–water partition coefficient (Wildman–Crippen LogP) is 3.46. The monoisotopic (exact) mass is 435 g/mol. The smallest absolute Gasteiger partial charge is 0.272 e. The molecule has 1 aromatic heterocycles. The Kier molecular flexibility index (Phi) is 5.13. The molecule has 1 fully saturated rings. The molecule has 1 saturated heterocycles. The van der Waals surface area contributed by atoms with Crippen LogP contribution in [0.1, 0.15) is 28.4 Å². The molecule has 0 N–H and O–H groups in total. The third kappa shape index (κ3) is 3.51. The number of carbonyl (C=O) groups excluding carboxylic acids is 1. The summed E-state index contributed by atoms with van der Waals surface area (Å²) in [5.41, 5.74) is 3.15. The lowest BCUT2D eigenvalue weighted by atomic mass is 9.98. The van der Waals surface area contributed by atoms with Gasteiger partial charge in [-0.2, -0.15) is 5.10 Å². The summed E-state index contributed by atoms with van der Waals surface area (Å²) in [6.07, 6.45) is 0.903. The van der Waals surface area contributed by atoms with Crippen LogP contribution in [-0.4, -0.2) is 54.7 Å². The minimum atomic E-state index is -0.0312. The number of hydrogen-bond acceptors (Lipinski definition) is 6. The van der Waals surface area contributed by atoms with E-state index in [0.717, 1.165) is 29.0 Å². The molecular formula is C24H25N3O5. The molecule has 32 heavy (non-hydrogen) atoms. The van der Waals surface area contributed by atoms with Gasteiger partial charge in [0.1, 0.15) is 17.2 Å². The van der Waals surface area contributed by atoms with Gasteiger partial charge in [-0.25, -0.2) is 0 Å². The third-order valence-electron chi connectivity index (χ3n) is 6.13. The molecule has 8 heteroatoms. The quantitative estimate of drug-likeness (QED) is 0.611. The number of nitrogens with zero attached hydrogens (tertiary/aromatic N) is 3. The third-order valence-corrected chi connectivity index (χ3v) is 6.13. The van der Waals surface area contributed by atoms with Gasteiger partial charge in [0.2, 0.25) is 6.79 Å². The topological polar surface area (TPSA) is 75.1 Å². The lowest BCUT2D eigenvalue weighted by Gasteiger charge is -2.16. The maximum atomic E-state index is 13.3. The molecule has 1 amide bonds. The van der Waals surface area contributed by atoms with Crippen LogP contribution in [0.25, 0.3) is 11.3 Å². The van der Waals surface area contributed by atoms with Gasteiger partial charge in [0.25, 0.3) is 5.91 Å². The van der Waals surface area contributed by atoms with Crippen molar-refractivity contribution in [3.8, 4) is 34.3 Å². The van der Waals surface area contributed by atoms with Crippen molar-refractivity contribution in [3.63, 3.8) is 0 Å². The highest BCUT2D eigenvalue weighted by molar-refractivity contribution is 5.94. The van der Waals surface area contributed by atoms with Gasteiger partial charge >= 0.3 is 0 Å². The molecule has 3 aromatic rings. The highest BCUT2D eigenvalue weighted by atomic mass is 16.7. The number of benzene rings is 2. The zero-order valence-corrected chi connectivity index (χ0v) is 18.3. The van der Waals surface area contributed by atoms with Crippen LogP contribution in [0.3, 0.4) is 0 Å². The highest BCUT2D eigenvalue weighted by Crippen LogP contribution is 2.38. The Bertz CT molecular complexity index is 1170. The number of aromatic nitrogens is 2. The van der Waals surface area contributed by atoms with E-state index >= 15 is 0 Å². The number of carbonyl (C=O) groups is 1. The van der Waals surface area contributed by atoms with Crippen molar-refractivity contribution in [1.82, 2.24) is 14.7 Å². The second-order valence-electron chi connectivity index (χ2n) is 7.95. The van der Waals surface area contributed by atoms with Crippen molar-refractivity contribution < 1.29 is 23.7 Å². The van der Waals surface area contributed by atoms with E-state index in [0.29, 0.717) is 36.0 Å². The molecule has 1 unspecified atom stereocenters. The summed E-state index contributed by atoms with van der Waals surface area (Å²) in [4.78, 5) is 15.2. The summed E-state index contributed by atoms with van der Waals surface area (Å²) >= 11 is 0. The molecule has 0 saturated carbocycles. The van der Waals surface area contributed by atoms with Crippen molar-refractivity contribution >= 4 is 5.91 Å². The summed E-state index contributed by atoms with van der Waals surface area (Å²) in [7, 11) is 5.01. The van der Waals surface area contributed by atoms with Crippen LogP contribution in [0.4, 0.5) is 0 Å². The normalized spacial score (nSPS) is 17.0. The molecule has 2 aromatic carbocycles. The fourth-order valence-corrected chi connectivity index (χ4v) is 4.36. The van der Waals surface area contributed by atoms with Crippen LogP contribution in [0.2, 0.25) is 0 Å². The van der Waals surface area contributed by atoms with E-state index in [2.05, 4.69) is 11.2 Å². The average Bonchev–Trinajstić information content (AvgIpc) is 3.57. The van der Waals surface area contributed by atoms with Crippen LogP contribution in [-0.2, 0) is 7.05 Å². The molecule has 0 radical (unpaired) electrons. The molecule has 2 aliphatic rings. The lowest BCUT2D eigenvalue weighted by Crippen LogP contribution is -2.30. The molecule has 166 valence electrons.